The van der Waals surface area contributed by atoms with Gasteiger partial charge in [0.15, 0.2) is 5.54 Å². The number of oxime groups is 1. The van der Waals surface area contributed by atoms with Gasteiger partial charge >= 0.3 is 6.03 Å². The molecule has 1 N–H and O–H groups in total. The van der Waals surface area contributed by atoms with Crippen LogP contribution in [0.2, 0.25) is 0 Å². The smallest absolute Gasteiger partial charge is 0.325 e. The fourth-order valence-corrected chi connectivity index (χ4v) is 3.14. The lowest BCUT2D eigenvalue weighted by molar-refractivity contribution is -0.129. The lowest BCUT2D eigenvalue weighted by atomic mass is 9.94. The number of benzene rings is 2. The molecular formula is C22H25N3O3. The zero-order valence-corrected chi connectivity index (χ0v) is 16.0. The van der Waals surface area contributed by atoms with Crippen molar-refractivity contribution >= 4 is 18.2 Å². The average molecular weight is 379 g/mol. The zero-order valence-electron chi connectivity index (χ0n) is 16.0. The highest BCUT2D eigenvalue weighted by molar-refractivity contribution is 6.16. The van der Waals surface area contributed by atoms with Crippen molar-refractivity contribution in [3.05, 3.63) is 71.8 Å². The number of imide groups is 1. The van der Waals surface area contributed by atoms with Crippen molar-refractivity contribution in [1.29, 1.82) is 0 Å². The molecule has 0 radical (unpaired) electrons. The minimum Gasteiger partial charge on any atom is -0.391 e. The topological polar surface area (TPSA) is 71.0 Å². The molecule has 1 atom stereocenters. The van der Waals surface area contributed by atoms with Crippen molar-refractivity contribution in [2.24, 2.45) is 5.16 Å². The molecule has 3 rings (SSSR count). The highest BCUT2D eigenvalue weighted by atomic mass is 16.6. The Hall–Kier alpha value is -3.15. The molecule has 3 amide bonds. The molecule has 0 unspecified atom stereocenters. The second-order valence-corrected chi connectivity index (χ2v) is 6.88. The van der Waals surface area contributed by atoms with Gasteiger partial charge in [-0.3, -0.25) is 9.69 Å². The number of nitrogens with zero attached hydrogens (tertiary/aromatic N) is 2. The van der Waals surface area contributed by atoms with E-state index >= 15 is 0 Å². The van der Waals surface area contributed by atoms with E-state index in [1.807, 2.05) is 67.6 Å². The van der Waals surface area contributed by atoms with Crippen LogP contribution in [0.25, 0.3) is 0 Å². The Labute approximate surface area is 165 Å². The number of rotatable bonds is 9. The fraction of sp³-hybridized carbons (Fsp3) is 0.318. The van der Waals surface area contributed by atoms with Crippen molar-refractivity contribution < 1.29 is 14.4 Å². The number of urea groups is 1. The molecule has 6 nitrogen and oxygen atoms in total. The summed E-state index contributed by atoms with van der Waals surface area (Å²) < 4.78 is 0. The summed E-state index contributed by atoms with van der Waals surface area (Å²) in [5.41, 5.74) is 0.725. The molecule has 1 fully saturated rings. The summed E-state index contributed by atoms with van der Waals surface area (Å²) in [4.78, 5) is 32.2. The minimum absolute atomic E-state index is 0.234. The van der Waals surface area contributed by atoms with Crippen LogP contribution in [0, 0.1) is 0 Å². The van der Waals surface area contributed by atoms with Crippen LogP contribution < -0.4 is 5.32 Å². The molecule has 0 saturated carbocycles. The van der Waals surface area contributed by atoms with Crippen molar-refractivity contribution in [3.63, 3.8) is 0 Å². The normalized spacial score (nSPS) is 19.2. The van der Waals surface area contributed by atoms with E-state index in [1.54, 1.807) is 0 Å². The van der Waals surface area contributed by atoms with Crippen LogP contribution in [-0.4, -0.2) is 28.6 Å². The van der Waals surface area contributed by atoms with Gasteiger partial charge in [-0.05, 0) is 17.5 Å². The van der Waals surface area contributed by atoms with Gasteiger partial charge in [-0.1, -0.05) is 85.6 Å². The molecule has 0 spiro atoms. The van der Waals surface area contributed by atoms with Crippen molar-refractivity contribution in [3.8, 4) is 0 Å². The summed E-state index contributed by atoms with van der Waals surface area (Å²) in [5, 5.41) is 6.84. The van der Waals surface area contributed by atoms with Gasteiger partial charge in [0, 0.05) is 0 Å². The van der Waals surface area contributed by atoms with Gasteiger partial charge in [-0.25, -0.2) is 4.79 Å². The predicted molar refractivity (Wildman–Crippen MR) is 108 cm³/mol. The third-order valence-electron chi connectivity index (χ3n) is 4.73. The molecule has 146 valence electrons. The molecule has 28 heavy (non-hydrogen) atoms. The molecule has 2 aromatic rings. The minimum atomic E-state index is -1.15. The first-order valence-corrected chi connectivity index (χ1v) is 9.53. The Morgan fingerprint density at radius 3 is 2.32 bits per heavy atom. The van der Waals surface area contributed by atoms with Gasteiger partial charge in [0.2, 0.25) is 0 Å². The maximum atomic E-state index is 13.1. The van der Waals surface area contributed by atoms with Gasteiger partial charge in [-0.2, -0.15) is 0 Å². The Balaban J connectivity index is 1.71. The van der Waals surface area contributed by atoms with E-state index in [0.717, 1.165) is 24.0 Å². The molecule has 0 bridgehead atoms. The number of nitrogens with one attached hydrogen (secondary N) is 1. The van der Waals surface area contributed by atoms with Gasteiger partial charge in [0.25, 0.3) is 5.91 Å². The summed E-state index contributed by atoms with van der Waals surface area (Å²) in [6, 6.07) is 18.7. The third kappa shape index (κ3) is 4.57. The Morgan fingerprint density at radius 2 is 1.68 bits per heavy atom. The Morgan fingerprint density at radius 1 is 1.04 bits per heavy atom. The van der Waals surface area contributed by atoms with Gasteiger partial charge in [0.1, 0.15) is 6.61 Å². The van der Waals surface area contributed by atoms with Crippen LogP contribution in [0.5, 0.6) is 0 Å². The number of amides is 3. The molecule has 2 aromatic carbocycles. The second kappa shape index (κ2) is 9.17. The van der Waals surface area contributed by atoms with Crippen molar-refractivity contribution in [2.45, 2.75) is 44.9 Å². The Bertz CT molecular complexity index is 823. The molecule has 0 aliphatic carbocycles. The average Bonchev–Trinajstić information content (AvgIpc) is 2.96. The van der Waals surface area contributed by atoms with Crippen molar-refractivity contribution in [1.82, 2.24) is 10.2 Å². The largest absolute Gasteiger partial charge is 0.391 e. The number of carbonyl (C=O) groups excluding carboxylic acids is 2. The van der Waals surface area contributed by atoms with Crippen LogP contribution in [0.1, 0.15) is 37.3 Å². The molecule has 1 heterocycles. The van der Waals surface area contributed by atoms with Crippen LogP contribution >= 0.6 is 0 Å². The molecule has 1 aliphatic heterocycles. The highest BCUT2D eigenvalue weighted by Crippen LogP contribution is 2.24. The van der Waals surface area contributed by atoms with Crippen molar-refractivity contribution in [2.75, 3.05) is 0 Å². The molecular weight excluding hydrogens is 354 g/mol. The summed E-state index contributed by atoms with van der Waals surface area (Å²) >= 11 is 0. The summed E-state index contributed by atoms with van der Waals surface area (Å²) in [7, 11) is 0. The summed E-state index contributed by atoms with van der Waals surface area (Å²) in [6.07, 6.45) is 3.62. The van der Waals surface area contributed by atoms with Gasteiger partial charge in [0.05, 0.1) is 12.8 Å². The molecule has 1 saturated heterocycles. The standard InChI is InChI=1S/C22H25N3O3/c1-2-3-14-22(17-23-28-16-19-12-8-5-9-13-19)20(26)25(21(27)24-22)15-18-10-6-4-7-11-18/h4-13,17H,2-3,14-16H2,1H3,(H,24,27)/t22-/m0/s1. The van der Waals surface area contributed by atoms with E-state index in [1.165, 1.54) is 11.1 Å². The van der Waals surface area contributed by atoms with Crippen LogP contribution in [0.3, 0.4) is 0 Å². The SMILES string of the molecule is CCCC[C@@]1(C=NOCc2ccccc2)NC(=O)N(Cc2ccccc2)C1=O. The fourth-order valence-electron chi connectivity index (χ4n) is 3.14. The van der Waals surface area contributed by atoms with Crippen LogP contribution in [-0.2, 0) is 22.8 Å². The number of carbonyl (C=O) groups is 2. The van der Waals surface area contributed by atoms with Crippen LogP contribution in [0.15, 0.2) is 65.8 Å². The second-order valence-electron chi connectivity index (χ2n) is 6.88. The van der Waals surface area contributed by atoms with E-state index < -0.39 is 11.6 Å². The molecule has 0 aromatic heterocycles. The first-order chi connectivity index (χ1) is 13.6. The van der Waals surface area contributed by atoms with E-state index in [4.69, 9.17) is 4.84 Å². The first kappa shape index (κ1) is 19.6. The maximum Gasteiger partial charge on any atom is 0.325 e. The van der Waals surface area contributed by atoms with E-state index in [2.05, 4.69) is 10.5 Å². The third-order valence-corrected chi connectivity index (χ3v) is 4.73. The lowest BCUT2D eigenvalue weighted by Gasteiger charge is -2.21. The van der Waals surface area contributed by atoms with Gasteiger partial charge < -0.3 is 10.2 Å². The quantitative estimate of drug-likeness (QED) is 0.408. The molecule has 1 aliphatic rings. The monoisotopic (exact) mass is 379 g/mol. The van der Waals surface area contributed by atoms with E-state index in [0.29, 0.717) is 13.0 Å². The van der Waals surface area contributed by atoms with E-state index in [-0.39, 0.29) is 12.5 Å². The zero-order chi connectivity index (χ0) is 19.8. The number of unbranched alkanes of at least 4 members (excludes halogenated alkanes) is 1. The van der Waals surface area contributed by atoms with Gasteiger partial charge in [-0.15, -0.1) is 0 Å². The predicted octanol–water partition coefficient (Wildman–Crippen LogP) is 3.87. The van der Waals surface area contributed by atoms with E-state index in [9.17, 15) is 9.59 Å². The molecule has 6 heteroatoms. The highest BCUT2D eigenvalue weighted by Gasteiger charge is 2.50. The number of hydrogen-bond donors (Lipinski definition) is 1. The number of hydrogen-bond acceptors (Lipinski definition) is 4. The summed E-state index contributed by atoms with van der Waals surface area (Å²) in [5.74, 6) is -0.290. The first-order valence-electron chi connectivity index (χ1n) is 9.53. The summed E-state index contributed by atoms with van der Waals surface area (Å²) in [6.45, 7) is 2.58. The lowest BCUT2D eigenvalue weighted by Crippen LogP contribution is -2.48. The maximum absolute atomic E-state index is 13.1. The Kier molecular flexibility index (Phi) is 6.42. The van der Waals surface area contributed by atoms with Crippen LogP contribution in [0.4, 0.5) is 4.79 Å².